The van der Waals surface area contributed by atoms with Gasteiger partial charge in [-0.25, -0.2) is 9.97 Å². The number of hydrogen-bond donors (Lipinski definition) is 0. The van der Waals surface area contributed by atoms with Gasteiger partial charge in [-0.1, -0.05) is 49.0 Å². The zero-order chi connectivity index (χ0) is 15.5. The summed E-state index contributed by atoms with van der Waals surface area (Å²) in [7, 11) is 0. The van der Waals surface area contributed by atoms with E-state index >= 15 is 0 Å². The fraction of sp³-hybridized carbons (Fsp3) is 0.188. The van der Waals surface area contributed by atoms with Gasteiger partial charge in [-0.05, 0) is 12.0 Å². The van der Waals surface area contributed by atoms with Gasteiger partial charge >= 0.3 is 0 Å². The number of fused-ring (bicyclic) bond motifs is 1. The maximum atomic E-state index is 11.2. The van der Waals surface area contributed by atoms with Crippen molar-refractivity contribution in [3.8, 4) is 11.1 Å². The minimum atomic E-state index is -1.06. The number of aromatic nitrogens is 2. The number of thioether (sulfide) groups is 1. The van der Waals surface area contributed by atoms with Crippen LogP contribution in [0.5, 0.6) is 0 Å². The molecule has 0 aliphatic heterocycles. The molecule has 1 atom stereocenters. The quantitative estimate of drug-likeness (QED) is 0.532. The van der Waals surface area contributed by atoms with E-state index in [2.05, 4.69) is 9.97 Å². The second-order valence-electron chi connectivity index (χ2n) is 4.71. The zero-order valence-corrected chi connectivity index (χ0v) is 13.5. The maximum Gasteiger partial charge on any atom is 0.128 e. The normalized spacial score (nSPS) is 12.4. The lowest BCUT2D eigenvalue weighted by Crippen LogP contribution is -2.33. The summed E-state index contributed by atoms with van der Waals surface area (Å²) in [5.41, 5.74) is 2.11. The summed E-state index contributed by atoms with van der Waals surface area (Å²) in [4.78, 5) is 20.7. The number of carboxylic acids is 1. The van der Waals surface area contributed by atoms with Crippen LogP contribution in [-0.4, -0.2) is 21.2 Å². The summed E-state index contributed by atoms with van der Waals surface area (Å²) in [5, 5.41) is 14.2. The Balaban J connectivity index is 2.11. The Kier molecular flexibility index (Phi) is 4.40. The molecule has 0 N–H and O–H groups in total. The lowest BCUT2D eigenvalue weighted by atomic mass is 10.1. The molecule has 0 fully saturated rings. The smallest absolute Gasteiger partial charge is 0.128 e. The Labute approximate surface area is 136 Å². The number of benzene rings is 1. The summed E-state index contributed by atoms with van der Waals surface area (Å²) in [6, 6.07) is 9.97. The molecule has 22 heavy (non-hydrogen) atoms. The second-order valence-corrected chi connectivity index (χ2v) is 6.76. The average molecular weight is 329 g/mol. The molecule has 2 aromatic heterocycles. The van der Waals surface area contributed by atoms with Crippen molar-refractivity contribution in [3.63, 3.8) is 0 Å². The summed E-state index contributed by atoms with van der Waals surface area (Å²) in [6.45, 7) is 1.83. The fourth-order valence-corrected chi connectivity index (χ4v) is 4.15. The first-order chi connectivity index (χ1) is 10.7. The van der Waals surface area contributed by atoms with Crippen LogP contribution in [0.3, 0.4) is 0 Å². The van der Waals surface area contributed by atoms with Crippen molar-refractivity contribution in [1.29, 1.82) is 0 Å². The Bertz CT molecular complexity index is 802. The standard InChI is InChI=1S/C16H14N2O2S2/c1-2-12(16(19)20)22-15-13-11(10-6-4-3-5-7-10)8-21-14(13)17-9-18-15/h3-9,12H,2H2,1H3,(H,19,20)/p-1/t12-/m0/s1. The number of thiophene rings is 1. The molecule has 3 rings (SSSR count). The van der Waals surface area contributed by atoms with E-state index in [9.17, 15) is 9.90 Å². The lowest BCUT2D eigenvalue weighted by Gasteiger charge is -2.15. The van der Waals surface area contributed by atoms with Crippen molar-refractivity contribution in [2.24, 2.45) is 0 Å². The maximum absolute atomic E-state index is 11.2. The Hall–Kier alpha value is -1.92. The SMILES string of the molecule is CC[C@H](Sc1ncnc2scc(-c3ccccc3)c12)C(=O)[O-]. The first-order valence-electron chi connectivity index (χ1n) is 6.85. The predicted octanol–water partition coefficient (Wildman–Crippen LogP) is 2.98. The van der Waals surface area contributed by atoms with Gasteiger partial charge in [0.1, 0.15) is 16.2 Å². The Morgan fingerprint density at radius 2 is 2.09 bits per heavy atom. The third-order valence-electron chi connectivity index (χ3n) is 3.31. The highest BCUT2D eigenvalue weighted by molar-refractivity contribution is 8.00. The monoisotopic (exact) mass is 329 g/mol. The topological polar surface area (TPSA) is 65.9 Å². The highest BCUT2D eigenvalue weighted by atomic mass is 32.2. The highest BCUT2D eigenvalue weighted by Crippen LogP contribution is 2.39. The van der Waals surface area contributed by atoms with Crippen molar-refractivity contribution < 1.29 is 9.90 Å². The van der Waals surface area contributed by atoms with Crippen LogP contribution in [-0.2, 0) is 4.79 Å². The minimum absolute atomic E-state index is 0.489. The van der Waals surface area contributed by atoms with Gasteiger partial charge in [0.15, 0.2) is 0 Å². The molecule has 1 aromatic carbocycles. The molecule has 0 aliphatic carbocycles. The van der Waals surface area contributed by atoms with E-state index in [1.54, 1.807) is 0 Å². The predicted molar refractivity (Wildman–Crippen MR) is 87.8 cm³/mol. The van der Waals surface area contributed by atoms with Gasteiger partial charge in [0.05, 0.1) is 16.6 Å². The van der Waals surface area contributed by atoms with E-state index in [-0.39, 0.29) is 0 Å². The van der Waals surface area contributed by atoms with Crippen molar-refractivity contribution in [2.45, 2.75) is 23.6 Å². The number of carbonyl (C=O) groups excluding carboxylic acids is 1. The van der Waals surface area contributed by atoms with E-state index in [4.69, 9.17) is 0 Å². The third kappa shape index (κ3) is 2.84. The van der Waals surface area contributed by atoms with Gasteiger partial charge in [-0.2, -0.15) is 0 Å². The van der Waals surface area contributed by atoms with E-state index < -0.39 is 11.2 Å². The molecule has 0 radical (unpaired) electrons. The second kappa shape index (κ2) is 6.46. The molecule has 0 aliphatic rings. The van der Waals surface area contributed by atoms with Crippen LogP contribution in [0.1, 0.15) is 13.3 Å². The third-order valence-corrected chi connectivity index (χ3v) is 5.54. The molecule has 3 aromatic rings. The zero-order valence-electron chi connectivity index (χ0n) is 11.9. The molecule has 2 heterocycles. The molecular formula is C16H13N2O2S2-. The number of carboxylic acid groups (broad SMARTS) is 1. The molecule has 0 bridgehead atoms. The first-order valence-corrected chi connectivity index (χ1v) is 8.61. The van der Waals surface area contributed by atoms with E-state index in [0.29, 0.717) is 11.4 Å². The van der Waals surface area contributed by atoms with Crippen molar-refractivity contribution in [2.75, 3.05) is 0 Å². The van der Waals surface area contributed by atoms with Gasteiger partial charge in [-0.15, -0.1) is 11.3 Å². The molecule has 0 amide bonds. The van der Waals surface area contributed by atoms with E-state index in [1.165, 1.54) is 29.4 Å². The summed E-state index contributed by atoms with van der Waals surface area (Å²) in [6.07, 6.45) is 1.97. The van der Waals surface area contributed by atoms with Crippen LogP contribution < -0.4 is 5.11 Å². The van der Waals surface area contributed by atoms with Crippen LogP contribution in [0.25, 0.3) is 21.3 Å². The van der Waals surface area contributed by atoms with E-state index in [1.807, 2.05) is 42.6 Å². The fourth-order valence-electron chi connectivity index (χ4n) is 2.20. The van der Waals surface area contributed by atoms with Crippen LogP contribution in [0.4, 0.5) is 0 Å². The van der Waals surface area contributed by atoms with Gasteiger partial charge < -0.3 is 9.90 Å². The molecule has 0 spiro atoms. The number of aliphatic carboxylic acids is 1. The summed E-state index contributed by atoms with van der Waals surface area (Å²) in [5.74, 6) is -1.06. The minimum Gasteiger partial charge on any atom is -0.549 e. The van der Waals surface area contributed by atoms with E-state index in [0.717, 1.165) is 21.3 Å². The van der Waals surface area contributed by atoms with Gasteiger partial charge in [-0.3, -0.25) is 0 Å². The van der Waals surface area contributed by atoms with Gasteiger partial charge in [0, 0.05) is 10.9 Å². The molecule has 0 saturated carbocycles. The first kappa shape index (κ1) is 15.0. The summed E-state index contributed by atoms with van der Waals surface area (Å²) < 4.78 is 0. The number of carbonyl (C=O) groups is 1. The summed E-state index contributed by atoms with van der Waals surface area (Å²) >= 11 is 2.77. The van der Waals surface area contributed by atoms with Crippen LogP contribution in [0.2, 0.25) is 0 Å². The van der Waals surface area contributed by atoms with Crippen LogP contribution in [0, 0.1) is 0 Å². The van der Waals surface area contributed by atoms with Crippen molar-refractivity contribution >= 4 is 39.3 Å². The van der Waals surface area contributed by atoms with Gasteiger partial charge in [0.2, 0.25) is 0 Å². The molecule has 6 heteroatoms. The van der Waals surface area contributed by atoms with Crippen molar-refractivity contribution in [3.05, 3.63) is 42.0 Å². The molecule has 4 nitrogen and oxygen atoms in total. The molecule has 0 saturated heterocycles. The van der Waals surface area contributed by atoms with Crippen molar-refractivity contribution in [1.82, 2.24) is 9.97 Å². The lowest BCUT2D eigenvalue weighted by molar-refractivity contribution is -0.304. The number of rotatable bonds is 5. The highest BCUT2D eigenvalue weighted by Gasteiger charge is 2.17. The van der Waals surface area contributed by atoms with Gasteiger partial charge in [0.25, 0.3) is 0 Å². The van der Waals surface area contributed by atoms with Crippen LogP contribution >= 0.6 is 23.1 Å². The Morgan fingerprint density at radius 3 is 2.77 bits per heavy atom. The number of hydrogen-bond acceptors (Lipinski definition) is 6. The molecule has 112 valence electrons. The number of nitrogens with zero attached hydrogens (tertiary/aromatic N) is 2. The van der Waals surface area contributed by atoms with Crippen LogP contribution in [0.15, 0.2) is 47.1 Å². The molecular weight excluding hydrogens is 316 g/mol. The Morgan fingerprint density at radius 1 is 1.32 bits per heavy atom. The molecule has 0 unspecified atom stereocenters. The largest absolute Gasteiger partial charge is 0.549 e. The average Bonchev–Trinajstić information content (AvgIpc) is 2.98.